The van der Waals surface area contributed by atoms with Gasteiger partial charge in [0.25, 0.3) is 0 Å². The molecule has 192 valence electrons. The summed E-state index contributed by atoms with van der Waals surface area (Å²) in [5.74, 6) is -2.03. The van der Waals surface area contributed by atoms with Gasteiger partial charge in [-0.2, -0.15) is 11.8 Å². The Morgan fingerprint density at radius 3 is 1.88 bits per heavy atom. The van der Waals surface area contributed by atoms with Crippen molar-refractivity contribution in [3.63, 3.8) is 0 Å². The molecule has 0 aliphatic rings. The molecule has 0 aliphatic heterocycles. The van der Waals surface area contributed by atoms with E-state index in [0.29, 0.717) is 38.0 Å². The zero-order valence-electron chi connectivity index (χ0n) is 20.6. The fourth-order valence-corrected chi connectivity index (χ4v) is 3.54. The minimum absolute atomic E-state index is 0.0650. The maximum Gasteiger partial charge on any atom is 0.326 e. The minimum Gasteiger partial charge on any atom is -0.480 e. The summed E-state index contributed by atoms with van der Waals surface area (Å²) in [4.78, 5) is 49.9. The van der Waals surface area contributed by atoms with E-state index in [2.05, 4.69) is 16.0 Å². The van der Waals surface area contributed by atoms with Crippen molar-refractivity contribution in [1.82, 2.24) is 16.0 Å². The number of carbonyl (C=O) groups is 4. The van der Waals surface area contributed by atoms with Gasteiger partial charge in [-0.05, 0) is 62.5 Å². The van der Waals surface area contributed by atoms with Crippen LogP contribution in [0.4, 0.5) is 0 Å². The lowest BCUT2D eigenvalue weighted by Crippen LogP contribution is -2.57. The van der Waals surface area contributed by atoms with Crippen molar-refractivity contribution < 1.29 is 24.3 Å². The van der Waals surface area contributed by atoms with Gasteiger partial charge in [-0.1, -0.05) is 27.7 Å². The lowest BCUT2D eigenvalue weighted by molar-refractivity contribution is -0.142. The van der Waals surface area contributed by atoms with Crippen molar-refractivity contribution in [3.05, 3.63) is 0 Å². The van der Waals surface area contributed by atoms with Gasteiger partial charge < -0.3 is 32.5 Å². The lowest BCUT2D eigenvalue weighted by atomic mass is 10.0. The Kier molecular flexibility index (Phi) is 15.8. The summed E-state index contributed by atoms with van der Waals surface area (Å²) >= 11 is 1.53. The summed E-state index contributed by atoms with van der Waals surface area (Å²) in [6.07, 6.45) is 4.05. The molecular formula is C22H43N5O5S. The van der Waals surface area contributed by atoms with E-state index in [1.54, 1.807) is 0 Å². The molecule has 0 radical (unpaired) electrons. The van der Waals surface area contributed by atoms with E-state index in [9.17, 15) is 24.3 Å². The Bertz CT molecular complexity index is 632. The Hall–Kier alpha value is -1.85. The van der Waals surface area contributed by atoms with Gasteiger partial charge in [0.05, 0.1) is 6.04 Å². The number of nitrogens with one attached hydrogen (secondary N) is 3. The molecule has 0 spiro atoms. The smallest absolute Gasteiger partial charge is 0.326 e. The van der Waals surface area contributed by atoms with Crippen LogP contribution in [0.3, 0.4) is 0 Å². The first-order valence-electron chi connectivity index (χ1n) is 11.5. The molecule has 0 heterocycles. The molecule has 0 fully saturated rings. The van der Waals surface area contributed by atoms with Crippen LogP contribution < -0.4 is 27.4 Å². The number of nitrogens with two attached hydrogens (primary N) is 2. The molecule has 4 atom stereocenters. The number of unbranched alkanes of at least 4 members (excludes halogenated alkanes) is 1. The van der Waals surface area contributed by atoms with E-state index >= 15 is 0 Å². The highest BCUT2D eigenvalue weighted by atomic mass is 32.2. The summed E-state index contributed by atoms with van der Waals surface area (Å²) in [6.45, 7) is 7.87. The number of amides is 3. The number of rotatable bonds is 17. The first-order chi connectivity index (χ1) is 15.4. The molecule has 10 nitrogen and oxygen atoms in total. The van der Waals surface area contributed by atoms with Gasteiger partial charge in [0.2, 0.25) is 17.7 Å². The van der Waals surface area contributed by atoms with E-state index in [-0.39, 0.29) is 18.3 Å². The minimum atomic E-state index is -1.14. The third-order valence-electron chi connectivity index (χ3n) is 5.17. The molecule has 0 aliphatic carbocycles. The number of thioether (sulfide) groups is 1. The van der Waals surface area contributed by atoms with Crippen molar-refractivity contribution in [2.24, 2.45) is 23.3 Å². The zero-order valence-corrected chi connectivity index (χ0v) is 21.4. The average molecular weight is 490 g/mol. The standard InChI is InChI=1S/C22H43N5O5S/c1-13(2)12-17(20(29)26-16(22(31)32)8-6-7-10-23)27-19(28)15(9-11-33-5)25-21(30)18(24)14(3)4/h13-18H,6-12,23-24H2,1-5H3,(H,25,30)(H,26,29)(H,27,28)(H,31,32). The maximum absolute atomic E-state index is 13.0. The fraction of sp³-hybridized carbons (Fsp3) is 0.818. The van der Waals surface area contributed by atoms with Gasteiger partial charge >= 0.3 is 5.97 Å². The second-order valence-electron chi connectivity index (χ2n) is 8.99. The molecule has 0 saturated heterocycles. The van der Waals surface area contributed by atoms with Gasteiger partial charge in [-0.3, -0.25) is 14.4 Å². The van der Waals surface area contributed by atoms with E-state index < -0.39 is 47.9 Å². The summed E-state index contributed by atoms with van der Waals surface area (Å²) in [5.41, 5.74) is 11.4. The Morgan fingerprint density at radius 2 is 1.39 bits per heavy atom. The molecule has 3 amide bonds. The van der Waals surface area contributed by atoms with Gasteiger partial charge in [-0.25, -0.2) is 4.79 Å². The lowest BCUT2D eigenvalue weighted by Gasteiger charge is -2.26. The van der Waals surface area contributed by atoms with Gasteiger partial charge in [0.15, 0.2) is 0 Å². The molecule has 0 saturated carbocycles. The number of hydrogen-bond acceptors (Lipinski definition) is 7. The van der Waals surface area contributed by atoms with Crippen molar-refractivity contribution >= 4 is 35.5 Å². The summed E-state index contributed by atoms with van der Waals surface area (Å²) in [5, 5.41) is 17.4. The Labute approximate surface area is 201 Å². The second kappa shape index (κ2) is 16.7. The summed E-state index contributed by atoms with van der Waals surface area (Å²) < 4.78 is 0. The van der Waals surface area contributed by atoms with E-state index in [1.165, 1.54) is 11.8 Å². The Morgan fingerprint density at radius 1 is 0.848 bits per heavy atom. The predicted octanol–water partition coefficient (Wildman–Crippen LogP) is 0.437. The topological polar surface area (TPSA) is 177 Å². The van der Waals surface area contributed by atoms with Crippen LogP contribution in [0.15, 0.2) is 0 Å². The Balaban J connectivity index is 5.41. The first-order valence-corrected chi connectivity index (χ1v) is 12.9. The largest absolute Gasteiger partial charge is 0.480 e. The quantitative estimate of drug-likeness (QED) is 0.159. The van der Waals surface area contributed by atoms with Crippen molar-refractivity contribution in [1.29, 1.82) is 0 Å². The average Bonchev–Trinajstić information content (AvgIpc) is 2.73. The monoisotopic (exact) mass is 489 g/mol. The van der Waals surface area contributed by atoms with Gasteiger partial charge in [-0.15, -0.1) is 0 Å². The number of carboxylic acid groups (broad SMARTS) is 1. The van der Waals surface area contributed by atoms with Crippen LogP contribution in [0.25, 0.3) is 0 Å². The molecule has 4 unspecified atom stereocenters. The molecule has 0 aromatic carbocycles. The highest BCUT2D eigenvalue weighted by Crippen LogP contribution is 2.10. The van der Waals surface area contributed by atoms with E-state index in [0.717, 1.165) is 0 Å². The van der Waals surface area contributed by atoms with E-state index in [4.69, 9.17) is 11.5 Å². The predicted molar refractivity (Wildman–Crippen MR) is 132 cm³/mol. The van der Waals surface area contributed by atoms with Crippen LogP contribution in [0.2, 0.25) is 0 Å². The van der Waals surface area contributed by atoms with Gasteiger partial charge in [0.1, 0.15) is 18.1 Å². The molecule has 0 aromatic heterocycles. The van der Waals surface area contributed by atoms with E-state index in [1.807, 2.05) is 34.0 Å². The highest BCUT2D eigenvalue weighted by molar-refractivity contribution is 7.98. The van der Waals surface area contributed by atoms with Crippen molar-refractivity contribution in [2.75, 3.05) is 18.6 Å². The van der Waals surface area contributed by atoms with Crippen LogP contribution in [-0.4, -0.2) is 71.5 Å². The van der Waals surface area contributed by atoms with Crippen LogP contribution in [0, 0.1) is 11.8 Å². The number of carbonyl (C=O) groups excluding carboxylic acids is 3. The molecular weight excluding hydrogens is 446 g/mol. The fourth-order valence-electron chi connectivity index (χ4n) is 3.07. The number of carboxylic acids is 1. The third-order valence-corrected chi connectivity index (χ3v) is 5.81. The second-order valence-corrected chi connectivity index (χ2v) is 9.97. The van der Waals surface area contributed by atoms with Crippen molar-refractivity contribution in [2.45, 2.75) is 84.0 Å². The molecule has 0 bridgehead atoms. The summed E-state index contributed by atoms with van der Waals surface area (Å²) in [7, 11) is 0. The normalized spacial score (nSPS) is 14.9. The third kappa shape index (κ3) is 12.8. The molecule has 0 rings (SSSR count). The SMILES string of the molecule is CSCCC(NC(=O)C(N)C(C)C)C(=O)NC(CC(C)C)C(=O)NC(CCCCN)C(=O)O. The molecule has 0 aromatic rings. The highest BCUT2D eigenvalue weighted by Gasteiger charge is 2.30. The van der Waals surface area contributed by atoms with Crippen LogP contribution in [0.1, 0.15) is 59.8 Å². The molecule has 11 heteroatoms. The van der Waals surface area contributed by atoms with Crippen LogP contribution in [0.5, 0.6) is 0 Å². The van der Waals surface area contributed by atoms with Gasteiger partial charge in [0, 0.05) is 0 Å². The summed E-state index contributed by atoms with van der Waals surface area (Å²) in [6, 6.07) is -3.60. The molecule has 33 heavy (non-hydrogen) atoms. The molecule has 8 N–H and O–H groups in total. The van der Waals surface area contributed by atoms with Crippen LogP contribution in [-0.2, 0) is 19.2 Å². The zero-order chi connectivity index (χ0) is 25.6. The van der Waals surface area contributed by atoms with Crippen LogP contribution >= 0.6 is 11.8 Å². The number of aliphatic carboxylic acids is 1. The number of hydrogen-bond donors (Lipinski definition) is 6. The first kappa shape index (κ1) is 31.1. The maximum atomic E-state index is 13.0. The van der Waals surface area contributed by atoms with Crippen molar-refractivity contribution in [3.8, 4) is 0 Å².